The van der Waals surface area contributed by atoms with E-state index in [0.29, 0.717) is 5.95 Å². The zero-order valence-corrected chi connectivity index (χ0v) is 41.2. The molecule has 0 spiro atoms. The van der Waals surface area contributed by atoms with Crippen LogP contribution in [0.4, 0.5) is 0 Å². The summed E-state index contributed by atoms with van der Waals surface area (Å²) in [5, 5.41) is 14.2. The average Bonchev–Trinajstić information content (AvgIpc) is 4.01. The Kier molecular flexibility index (Phi) is 9.60. The molecule has 4 nitrogen and oxygen atoms in total. The van der Waals surface area contributed by atoms with E-state index in [1.165, 1.54) is 65.3 Å². The minimum Gasteiger partial charge on any atom is -0.309 e. The zero-order valence-electron chi connectivity index (χ0n) is 41.2. The molecular formula is C71H46N4. The van der Waals surface area contributed by atoms with Crippen LogP contribution in [0.1, 0.15) is 11.1 Å². The normalized spacial score (nSPS) is 11.9. The first-order chi connectivity index (χ1) is 37.1. The fourth-order valence-corrected chi connectivity index (χ4v) is 12.1. The lowest BCUT2D eigenvalue weighted by molar-refractivity contribution is 0.997. The van der Waals surface area contributed by atoms with Gasteiger partial charge in [0.2, 0.25) is 5.95 Å². The molecule has 0 fully saturated rings. The van der Waals surface area contributed by atoms with Crippen molar-refractivity contribution in [2.75, 3.05) is 0 Å². The van der Waals surface area contributed by atoms with E-state index < -0.39 is 0 Å². The Morgan fingerprint density at radius 3 is 1.36 bits per heavy atom. The van der Waals surface area contributed by atoms with E-state index in [2.05, 4.69) is 265 Å². The van der Waals surface area contributed by atoms with Crippen molar-refractivity contribution >= 4 is 92.8 Å². The molecule has 0 aliphatic rings. The Balaban J connectivity index is 0.930. The second-order valence-corrected chi connectivity index (χ2v) is 19.8. The molecule has 0 unspecified atom stereocenters. The molecule has 0 atom stereocenters. The van der Waals surface area contributed by atoms with Gasteiger partial charge in [-0.1, -0.05) is 189 Å². The van der Waals surface area contributed by atoms with E-state index in [1.54, 1.807) is 0 Å². The van der Waals surface area contributed by atoms with Crippen molar-refractivity contribution in [3.8, 4) is 56.4 Å². The van der Waals surface area contributed by atoms with Crippen LogP contribution >= 0.6 is 0 Å². The van der Waals surface area contributed by atoms with Crippen molar-refractivity contribution in [3.63, 3.8) is 0 Å². The molecule has 0 aliphatic carbocycles. The molecule has 3 heterocycles. The third-order valence-electron chi connectivity index (χ3n) is 15.6. The van der Waals surface area contributed by atoms with Gasteiger partial charge in [0, 0.05) is 38.4 Å². The maximum atomic E-state index is 5.62. The number of aryl methyl sites for hydroxylation is 1. The van der Waals surface area contributed by atoms with E-state index >= 15 is 0 Å². The number of rotatable bonds is 7. The highest BCUT2D eigenvalue weighted by Gasteiger charge is 2.22. The SMILES string of the molecule is C=Cc1ccccc1-c1cc(-n2c3ccccc3c3cc(-c4ccc5c(c4)c4ccccc4n5-c4nc(-c5cc6ccccc6c6ccccc56)cc(-c5cc6ccccc6c6ccccc56)n4)ccc32)ccc1C. The smallest absolute Gasteiger partial charge is 0.235 e. The minimum atomic E-state index is 0.623. The second kappa shape index (κ2) is 16.8. The summed E-state index contributed by atoms with van der Waals surface area (Å²) in [4.78, 5) is 11.2. The van der Waals surface area contributed by atoms with Gasteiger partial charge in [0.05, 0.1) is 33.5 Å². The Morgan fingerprint density at radius 1 is 0.333 bits per heavy atom. The van der Waals surface area contributed by atoms with E-state index in [-0.39, 0.29) is 0 Å². The number of para-hydroxylation sites is 2. The fraction of sp³-hybridized carbons (Fsp3) is 0.0141. The Hall–Kier alpha value is -9.90. The fourth-order valence-electron chi connectivity index (χ4n) is 12.1. The lowest BCUT2D eigenvalue weighted by atomic mass is 9.93. The lowest BCUT2D eigenvalue weighted by Gasteiger charge is -2.16. The maximum absolute atomic E-state index is 5.62. The summed E-state index contributed by atoms with van der Waals surface area (Å²) in [6, 6.07) is 88.2. The monoisotopic (exact) mass is 954 g/mol. The predicted octanol–water partition coefficient (Wildman–Crippen LogP) is 18.9. The summed E-state index contributed by atoms with van der Waals surface area (Å²) in [6.45, 7) is 6.32. The number of fused-ring (bicyclic) bond motifs is 12. The number of hydrogen-bond acceptors (Lipinski definition) is 2. The summed E-state index contributed by atoms with van der Waals surface area (Å²) < 4.78 is 4.68. The maximum Gasteiger partial charge on any atom is 0.235 e. The third-order valence-corrected chi connectivity index (χ3v) is 15.6. The molecule has 75 heavy (non-hydrogen) atoms. The van der Waals surface area contributed by atoms with Gasteiger partial charge < -0.3 is 4.57 Å². The predicted molar refractivity (Wildman–Crippen MR) is 317 cm³/mol. The zero-order chi connectivity index (χ0) is 49.7. The second-order valence-electron chi connectivity index (χ2n) is 19.8. The molecule has 3 aromatic heterocycles. The van der Waals surface area contributed by atoms with Crippen LogP contribution < -0.4 is 0 Å². The van der Waals surface area contributed by atoms with Crippen molar-refractivity contribution in [2.45, 2.75) is 6.92 Å². The average molecular weight is 955 g/mol. The van der Waals surface area contributed by atoms with Gasteiger partial charge >= 0.3 is 0 Å². The van der Waals surface area contributed by atoms with Crippen LogP contribution in [0.2, 0.25) is 0 Å². The van der Waals surface area contributed by atoms with Gasteiger partial charge in [-0.05, 0) is 150 Å². The van der Waals surface area contributed by atoms with E-state index in [1.807, 2.05) is 6.08 Å². The topological polar surface area (TPSA) is 35.6 Å². The summed E-state index contributed by atoms with van der Waals surface area (Å²) in [5.41, 5.74) is 16.5. The van der Waals surface area contributed by atoms with E-state index in [0.717, 1.165) is 83.0 Å². The highest BCUT2D eigenvalue weighted by Crippen LogP contribution is 2.42. The first kappa shape index (κ1) is 42.8. The Morgan fingerprint density at radius 2 is 0.787 bits per heavy atom. The van der Waals surface area contributed by atoms with Crippen molar-refractivity contribution in [2.24, 2.45) is 0 Å². The van der Waals surface area contributed by atoms with Gasteiger partial charge in [0.15, 0.2) is 0 Å². The van der Waals surface area contributed by atoms with Gasteiger partial charge in [-0.25, -0.2) is 9.97 Å². The van der Waals surface area contributed by atoms with E-state index in [4.69, 9.17) is 9.97 Å². The first-order valence-corrected chi connectivity index (χ1v) is 25.7. The summed E-state index contributed by atoms with van der Waals surface area (Å²) in [7, 11) is 0. The molecule has 15 aromatic rings. The van der Waals surface area contributed by atoms with Crippen LogP contribution in [0, 0.1) is 6.92 Å². The highest BCUT2D eigenvalue weighted by atomic mass is 15.2. The Labute approximate surface area is 433 Å². The molecule has 0 saturated heterocycles. The molecule has 0 saturated carbocycles. The van der Waals surface area contributed by atoms with Crippen LogP contribution in [0.15, 0.2) is 249 Å². The number of hydrogen-bond donors (Lipinski definition) is 0. The molecular weight excluding hydrogens is 909 g/mol. The van der Waals surface area contributed by atoms with Crippen LogP contribution in [0.3, 0.4) is 0 Å². The van der Waals surface area contributed by atoms with Gasteiger partial charge in [0.25, 0.3) is 0 Å². The van der Waals surface area contributed by atoms with Crippen LogP contribution in [0.5, 0.6) is 0 Å². The molecule has 15 rings (SSSR count). The summed E-state index contributed by atoms with van der Waals surface area (Å²) in [5.74, 6) is 0.623. The van der Waals surface area contributed by atoms with Crippen molar-refractivity contribution in [1.82, 2.24) is 19.1 Å². The van der Waals surface area contributed by atoms with Crippen molar-refractivity contribution in [3.05, 3.63) is 260 Å². The van der Waals surface area contributed by atoms with Crippen LogP contribution in [-0.2, 0) is 0 Å². The van der Waals surface area contributed by atoms with E-state index in [9.17, 15) is 0 Å². The molecule has 4 heteroatoms. The molecule has 12 aromatic carbocycles. The van der Waals surface area contributed by atoms with Gasteiger partial charge in [0.1, 0.15) is 0 Å². The minimum absolute atomic E-state index is 0.623. The molecule has 350 valence electrons. The summed E-state index contributed by atoms with van der Waals surface area (Å²) in [6.07, 6.45) is 1.95. The van der Waals surface area contributed by atoms with Gasteiger partial charge in [-0.15, -0.1) is 0 Å². The lowest BCUT2D eigenvalue weighted by Crippen LogP contribution is -2.04. The quantitative estimate of drug-likeness (QED) is 0.149. The largest absolute Gasteiger partial charge is 0.309 e. The molecule has 0 bridgehead atoms. The number of aromatic nitrogens is 4. The molecule has 0 N–H and O–H groups in total. The van der Waals surface area contributed by atoms with Crippen molar-refractivity contribution < 1.29 is 0 Å². The van der Waals surface area contributed by atoms with Crippen LogP contribution in [0.25, 0.3) is 149 Å². The molecule has 0 amide bonds. The first-order valence-electron chi connectivity index (χ1n) is 25.7. The molecule has 0 radical (unpaired) electrons. The van der Waals surface area contributed by atoms with Gasteiger partial charge in [-0.2, -0.15) is 0 Å². The number of benzene rings is 12. The van der Waals surface area contributed by atoms with Crippen molar-refractivity contribution in [1.29, 1.82) is 0 Å². The standard InChI is InChI=1S/C71H46N4/c1-3-45-18-4-7-21-51(45)60-42-50(35-32-44(60)2)74-67-30-16-14-28-58(67)63-38-46(33-36-69(63)74)47-34-37-70-64(39-47)59-29-15-17-31-68(59)75(70)71-72-65(61-40-48-19-5-8-22-52(48)54-24-10-12-26-56(54)61)43-66(73-71)62-41-49-20-6-9-23-53(49)55-25-11-13-27-57(55)62/h3-43H,1H2,2H3. The van der Waals surface area contributed by atoms with Gasteiger partial charge in [-0.3, -0.25) is 4.57 Å². The number of nitrogens with zero attached hydrogens (tertiary/aromatic N) is 4. The molecule has 0 aliphatic heterocycles. The third kappa shape index (κ3) is 6.70. The highest BCUT2D eigenvalue weighted by molar-refractivity contribution is 6.16. The Bertz CT molecular complexity index is 4740. The van der Waals surface area contributed by atoms with Crippen LogP contribution in [-0.4, -0.2) is 19.1 Å². The summed E-state index contributed by atoms with van der Waals surface area (Å²) >= 11 is 0.